The number of hydrogen-bond acceptors (Lipinski definition) is 5. The van der Waals surface area contributed by atoms with E-state index in [0.717, 1.165) is 25.7 Å². The Hall–Kier alpha value is -1.98. The summed E-state index contributed by atoms with van der Waals surface area (Å²) in [5.41, 5.74) is 14.6. The highest BCUT2D eigenvalue weighted by molar-refractivity contribution is 5.39. The highest BCUT2D eigenvalue weighted by Crippen LogP contribution is 2.40. The van der Waals surface area contributed by atoms with Crippen LogP contribution in [0.5, 0.6) is 0 Å². The lowest BCUT2D eigenvalue weighted by molar-refractivity contribution is 0.286. The van der Waals surface area contributed by atoms with E-state index in [1.54, 1.807) is 0 Å². The van der Waals surface area contributed by atoms with Crippen molar-refractivity contribution in [3.05, 3.63) is 59.4 Å². The topological polar surface area (TPSA) is 91.0 Å². The number of hydrogen-bond donors (Lipinski definition) is 2. The van der Waals surface area contributed by atoms with Gasteiger partial charge in [0.05, 0.1) is 10.8 Å². The van der Waals surface area contributed by atoms with Crippen molar-refractivity contribution in [1.82, 2.24) is 10.2 Å². The lowest BCUT2D eigenvalue weighted by Gasteiger charge is -2.35. The van der Waals surface area contributed by atoms with Gasteiger partial charge < -0.3 is 15.9 Å². The fraction of sp³-hybridized carbons (Fsp3) is 0.545. The van der Waals surface area contributed by atoms with Gasteiger partial charge in [0.2, 0.25) is 11.8 Å². The van der Waals surface area contributed by atoms with Crippen molar-refractivity contribution in [3.63, 3.8) is 0 Å². The fourth-order valence-electron chi connectivity index (χ4n) is 4.11. The maximum absolute atomic E-state index is 6.54. The van der Waals surface area contributed by atoms with E-state index in [4.69, 9.17) is 15.9 Å². The largest absolute Gasteiger partial charge is 0.423 e. The molecule has 5 nitrogen and oxygen atoms in total. The molecule has 0 aliphatic heterocycles. The van der Waals surface area contributed by atoms with Crippen molar-refractivity contribution < 1.29 is 4.42 Å². The molecule has 0 radical (unpaired) electrons. The second kappa shape index (κ2) is 7.56. The minimum atomic E-state index is -0.467. The van der Waals surface area contributed by atoms with Gasteiger partial charge >= 0.3 is 0 Å². The predicted octanol–water partition coefficient (Wildman–Crippen LogP) is 3.83. The van der Waals surface area contributed by atoms with Gasteiger partial charge in [-0.2, -0.15) is 0 Å². The van der Waals surface area contributed by atoms with Crippen LogP contribution >= 0.6 is 0 Å². The van der Waals surface area contributed by atoms with E-state index < -0.39 is 10.8 Å². The third kappa shape index (κ3) is 3.13. The van der Waals surface area contributed by atoms with E-state index in [9.17, 15) is 0 Å². The third-order valence-corrected chi connectivity index (χ3v) is 6.37. The average Bonchev–Trinajstić information content (AvgIpc) is 3.19. The molecule has 2 aliphatic carbocycles. The molecule has 5 heteroatoms. The lowest BCUT2D eigenvalue weighted by Crippen LogP contribution is -2.45. The Balaban J connectivity index is 1.99. The van der Waals surface area contributed by atoms with Gasteiger partial charge in [0.1, 0.15) is 0 Å². The zero-order valence-corrected chi connectivity index (χ0v) is 16.9. The minimum absolute atomic E-state index is 0.185. The van der Waals surface area contributed by atoms with Gasteiger partial charge in [-0.15, -0.1) is 10.2 Å². The van der Waals surface area contributed by atoms with Crippen LogP contribution in [0.2, 0.25) is 0 Å². The highest BCUT2D eigenvalue weighted by Gasteiger charge is 2.45. The van der Waals surface area contributed by atoms with Crippen LogP contribution in [-0.2, 0) is 10.8 Å². The second-order valence-electron chi connectivity index (χ2n) is 7.61. The Kier molecular flexibility index (Phi) is 5.54. The number of nitrogens with zero attached hydrogens (tertiary/aromatic N) is 2. The van der Waals surface area contributed by atoms with Crippen molar-refractivity contribution in [2.75, 3.05) is 0 Å². The van der Waals surface area contributed by atoms with Crippen LogP contribution in [0.25, 0.3) is 0 Å². The van der Waals surface area contributed by atoms with Crippen molar-refractivity contribution in [2.24, 2.45) is 11.5 Å². The van der Waals surface area contributed by atoms with E-state index >= 15 is 0 Å². The van der Waals surface area contributed by atoms with Gasteiger partial charge in [-0.25, -0.2) is 0 Å². The summed E-state index contributed by atoms with van der Waals surface area (Å²) in [4.78, 5) is 0. The number of aromatic nitrogens is 2. The Morgan fingerprint density at radius 3 is 1.52 bits per heavy atom. The van der Waals surface area contributed by atoms with Crippen LogP contribution in [0, 0.1) is 0 Å². The van der Waals surface area contributed by atoms with E-state index in [1.807, 2.05) is 0 Å². The van der Waals surface area contributed by atoms with Gasteiger partial charge in [0.15, 0.2) is 0 Å². The molecule has 4 N–H and O–H groups in total. The number of nitrogens with two attached hydrogens (primary N) is 2. The molecule has 0 fully saturated rings. The van der Waals surface area contributed by atoms with E-state index in [2.05, 4.69) is 74.3 Å². The molecule has 4 unspecified atom stereocenters. The summed E-state index contributed by atoms with van der Waals surface area (Å²) >= 11 is 0. The molecule has 0 aromatic carbocycles. The van der Waals surface area contributed by atoms with Gasteiger partial charge in [-0.1, -0.05) is 75.3 Å². The van der Waals surface area contributed by atoms with Crippen LogP contribution in [0.15, 0.2) is 52.0 Å². The summed E-state index contributed by atoms with van der Waals surface area (Å²) < 4.78 is 6.29. The Morgan fingerprint density at radius 1 is 0.815 bits per heavy atom. The molecule has 146 valence electrons. The molecule has 3 rings (SSSR count). The maximum atomic E-state index is 6.54. The summed E-state index contributed by atoms with van der Waals surface area (Å²) in [5.74, 6) is 1.16. The number of allylic oxidation sites excluding steroid dienone is 4. The van der Waals surface area contributed by atoms with Crippen molar-refractivity contribution in [3.8, 4) is 0 Å². The molecule has 4 atom stereocenters. The van der Waals surface area contributed by atoms with Gasteiger partial charge in [0.25, 0.3) is 0 Å². The minimum Gasteiger partial charge on any atom is -0.423 e. The second-order valence-corrected chi connectivity index (χ2v) is 7.61. The van der Waals surface area contributed by atoms with Crippen LogP contribution in [0.1, 0.15) is 65.2 Å². The lowest BCUT2D eigenvalue weighted by atomic mass is 9.73. The molecule has 0 bridgehead atoms. The molecule has 0 spiro atoms. The first-order chi connectivity index (χ1) is 13.0. The molecule has 0 saturated carbocycles. The predicted molar refractivity (Wildman–Crippen MR) is 109 cm³/mol. The first-order valence-corrected chi connectivity index (χ1v) is 10.1. The Morgan fingerprint density at radius 2 is 1.22 bits per heavy atom. The SMILES string of the molecule is CCC1=CC(N)C(CC)(c2nnc(C3(CC)C=CC(CC)=CC3N)o2)C=C1. The van der Waals surface area contributed by atoms with Crippen molar-refractivity contribution in [1.29, 1.82) is 0 Å². The molecule has 1 heterocycles. The van der Waals surface area contributed by atoms with Gasteiger partial charge in [-0.05, 0) is 25.7 Å². The average molecular weight is 369 g/mol. The third-order valence-electron chi connectivity index (χ3n) is 6.37. The summed E-state index contributed by atoms with van der Waals surface area (Å²) in [5, 5.41) is 8.88. The van der Waals surface area contributed by atoms with Crippen LogP contribution in [-0.4, -0.2) is 22.3 Å². The molecule has 1 aromatic rings. The van der Waals surface area contributed by atoms with E-state index in [1.165, 1.54) is 11.1 Å². The molecule has 1 aromatic heterocycles. The van der Waals surface area contributed by atoms with Crippen molar-refractivity contribution >= 4 is 0 Å². The maximum Gasteiger partial charge on any atom is 0.228 e. The molecule has 2 aliphatic rings. The molecule has 0 amide bonds. The summed E-state index contributed by atoms with van der Waals surface area (Å²) in [7, 11) is 0. The standard InChI is InChI=1S/C22H32N4O/c1-5-15-9-11-21(7-3,17(23)13-15)19-25-26-20(27-19)22(8-4)12-10-16(6-2)14-18(22)24/h9-14,17-18H,5-8,23-24H2,1-4H3. The number of rotatable bonds is 6. The Labute approximate surface area is 162 Å². The zero-order valence-electron chi connectivity index (χ0n) is 16.9. The van der Waals surface area contributed by atoms with Crippen LogP contribution in [0.4, 0.5) is 0 Å². The van der Waals surface area contributed by atoms with Gasteiger partial charge in [0, 0.05) is 12.1 Å². The normalized spacial score (nSPS) is 33.1. The Bertz CT molecular complexity index is 738. The molecular formula is C22H32N4O. The summed E-state index contributed by atoms with van der Waals surface area (Å²) in [6, 6.07) is -0.369. The molecular weight excluding hydrogens is 336 g/mol. The van der Waals surface area contributed by atoms with Crippen LogP contribution < -0.4 is 11.5 Å². The smallest absolute Gasteiger partial charge is 0.228 e. The summed E-state index contributed by atoms with van der Waals surface area (Å²) in [6.07, 6.45) is 16.3. The molecule has 27 heavy (non-hydrogen) atoms. The molecule has 0 saturated heterocycles. The summed E-state index contributed by atoms with van der Waals surface area (Å²) in [6.45, 7) is 8.48. The quantitative estimate of drug-likeness (QED) is 0.796. The van der Waals surface area contributed by atoms with Gasteiger partial charge in [-0.3, -0.25) is 0 Å². The monoisotopic (exact) mass is 368 g/mol. The fourth-order valence-corrected chi connectivity index (χ4v) is 4.11. The first-order valence-electron chi connectivity index (χ1n) is 10.1. The van der Waals surface area contributed by atoms with E-state index in [-0.39, 0.29) is 12.1 Å². The van der Waals surface area contributed by atoms with E-state index in [0.29, 0.717) is 11.8 Å². The van der Waals surface area contributed by atoms with Crippen LogP contribution in [0.3, 0.4) is 0 Å². The first kappa shape index (κ1) is 19.8. The zero-order chi connectivity index (χ0) is 19.7. The van der Waals surface area contributed by atoms with Crippen molar-refractivity contribution in [2.45, 2.75) is 76.3 Å². The highest BCUT2D eigenvalue weighted by atomic mass is 16.4.